The van der Waals surface area contributed by atoms with E-state index in [0.29, 0.717) is 5.56 Å². The fourth-order valence-corrected chi connectivity index (χ4v) is 1.24. The molecule has 0 amide bonds. The molecule has 0 aliphatic carbocycles. The molecule has 4 nitrogen and oxygen atoms in total. The first-order valence-corrected chi connectivity index (χ1v) is 3.97. The molecule has 0 unspecified atom stereocenters. The van der Waals surface area contributed by atoms with Gasteiger partial charge in [0.25, 0.3) is 0 Å². The Hall–Kier alpha value is -2.82. The summed E-state index contributed by atoms with van der Waals surface area (Å²) >= 11 is 0. The molecule has 1 aromatic rings. The second-order valence-electron chi connectivity index (χ2n) is 2.79. The molecule has 0 atom stereocenters. The van der Waals surface area contributed by atoms with Crippen LogP contribution < -0.4 is 0 Å². The third-order valence-electron chi connectivity index (χ3n) is 2.05. The largest absolute Gasteiger partial charge is 0.192 e. The van der Waals surface area contributed by atoms with E-state index in [1.54, 1.807) is 19.1 Å². The zero-order valence-corrected chi connectivity index (χ0v) is 7.87. The SMILES string of the molecule is Cc1c(C#N)cc(C#N)c(C#N)c1C#N. The van der Waals surface area contributed by atoms with E-state index in [9.17, 15) is 0 Å². The Balaban J connectivity index is 3.82. The van der Waals surface area contributed by atoms with Crippen molar-refractivity contribution in [1.29, 1.82) is 21.0 Å². The predicted molar refractivity (Wildman–Crippen MR) is 50.0 cm³/mol. The van der Waals surface area contributed by atoms with E-state index >= 15 is 0 Å². The van der Waals surface area contributed by atoms with Gasteiger partial charge in [-0.2, -0.15) is 21.0 Å². The van der Waals surface area contributed by atoms with Gasteiger partial charge in [-0.1, -0.05) is 0 Å². The van der Waals surface area contributed by atoms with Crippen LogP contribution in [0.4, 0.5) is 0 Å². The molecule has 1 aromatic carbocycles. The minimum atomic E-state index is 0.0384. The van der Waals surface area contributed by atoms with E-state index in [2.05, 4.69) is 0 Å². The van der Waals surface area contributed by atoms with E-state index in [0.717, 1.165) is 0 Å². The molecule has 0 saturated carbocycles. The molecule has 0 aromatic heterocycles. The number of benzene rings is 1. The summed E-state index contributed by atoms with van der Waals surface area (Å²) in [6.45, 7) is 1.58. The van der Waals surface area contributed by atoms with Crippen LogP contribution in [0.25, 0.3) is 0 Å². The van der Waals surface area contributed by atoms with Crippen LogP contribution in [0.15, 0.2) is 6.07 Å². The number of hydrogen-bond acceptors (Lipinski definition) is 4. The van der Waals surface area contributed by atoms with Crippen molar-refractivity contribution in [3.8, 4) is 24.3 Å². The van der Waals surface area contributed by atoms with Crippen LogP contribution in [0.2, 0.25) is 0 Å². The highest BCUT2D eigenvalue weighted by molar-refractivity contribution is 5.62. The van der Waals surface area contributed by atoms with E-state index < -0.39 is 0 Å². The average molecular weight is 192 g/mol. The molecule has 0 bridgehead atoms. The summed E-state index contributed by atoms with van der Waals surface area (Å²) in [5.41, 5.74) is 0.901. The molecule has 0 saturated heterocycles. The lowest BCUT2D eigenvalue weighted by atomic mass is 9.94. The third-order valence-corrected chi connectivity index (χ3v) is 2.05. The van der Waals surface area contributed by atoms with Crippen molar-refractivity contribution in [1.82, 2.24) is 0 Å². The highest BCUT2D eigenvalue weighted by atomic mass is 14.3. The summed E-state index contributed by atoms with van der Waals surface area (Å²) in [4.78, 5) is 0. The molecule has 0 N–H and O–H groups in total. The lowest BCUT2D eigenvalue weighted by molar-refractivity contribution is 1.30. The fourth-order valence-electron chi connectivity index (χ4n) is 1.24. The fraction of sp³-hybridized carbons (Fsp3) is 0.0909. The van der Waals surface area contributed by atoms with Gasteiger partial charge in [-0.15, -0.1) is 0 Å². The van der Waals surface area contributed by atoms with Crippen LogP contribution >= 0.6 is 0 Å². The van der Waals surface area contributed by atoms with E-state index in [1.807, 2.05) is 12.1 Å². The third kappa shape index (κ3) is 1.49. The molecule has 4 heteroatoms. The van der Waals surface area contributed by atoms with Gasteiger partial charge < -0.3 is 0 Å². The summed E-state index contributed by atoms with van der Waals surface area (Å²) in [6, 6.07) is 8.65. The minimum absolute atomic E-state index is 0.0384. The van der Waals surface area contributed by atoms with Crippen molar-refractivity contribution in [3.63, 3.8) is 0 Å². The van der Waals surface area contributed by atoms with Crippen LogP contribution in [0, 0.1) is 52.2 Å². The van der Waals surface area contributed by atoms with Crippen molar-refractivity contribution in [3.05, 3.63) is 33.9 Å². The van der Waals surface area contributed by atoms with E-state index in [1.165, 1.54) is 6.07 Å². The van der Waals surface area contributed by atoms with Gasteiger partial charge >= 0.3 is 0 Å². The zero-order chi connectivity index (χ0) is 11.4. The molecule has 0 fully saturated rings. The van der Waals surface area contributed by atoms with Crippen molar-refractivity contribution in [2.45, 2.75) is 6.92 Å². The normalized spacial score (nSPS) is 8.07. The second kappa shape index (κ2) is 3.93. The zero-order valence-electron chi connectivity index (χ0n) is 7.87. The van der Waals surface area contributed by atoms with Crippen LogP contribution in [-0.2, 0) is 0 Å². The second-order valence-corrected chi connectivity index (χ2v) is 2.79. The molecule has 0 heterocycles. The Morgan fingerprint density at radius 3 is 1.73 bits per heavy atom. The van der Waals surface area contributed by atoms with Gasteiger partial charge in [-0.3, -0.25) is 0 Å². The maximum absolute atomic E-state index is 8.85. The molecular weight excluding hydrogens is 188 g/mol. The van der Waals surface area contributed by atoms with Gasteiger partial charge in [0.15, 0.2) is 0 Å². The first-order valence-electron chi connectivity index (χ1n) is 3.97. The van der Waals surface area contributed by atoms with Crippen molar-refractivity contribution >= 4 is 0 Å². The number of hydrogen-bond donors (Lipinski definition) is 0. The van der Waals surface area contributed by atoms with Gasteiger partial charge in [0.2, 0.25) is 0 Å². The first-order chi connectivity index (χ1) is 7.19. The summed E-state index contributed by atoms with van der Waals surface area (Å²) in [7, 11) is 0. The number of rotatable bonds is 0. The predicted octanol–water partition coefficient (Wildman–Crippen LogP) is 1.48. The van der Waals surface area contributed by atoms with Crippen LogP contribution in [0.5, 0.6) is 0 Å². The van der Waals surface area contributed by atoms with Crippen molar-refractivity contribution < 1.29 is 0 Å². The molecule has 1 rings (SSSR count). The Labute approximate surface area is 86.8 Å². The molecule has 0 spiro atoms. The Morgan fingerprint density at radius 1 is 0.800 bits per heavy atom. The van der Waals surface area contributed by atoms with Gasteiger partial charge in [0, 0.05) is 0 Å². The number of nitrogens with zero attached hydrogens (tertiary/aromatic N) is 4. The smallest absolute Gasteiger partial charge is 0.102 e. The Morgan fingerprint density at radius 2 is 1.33 bits per heavy atom. The van der Waals surface area contributed by atoms with Crippen LogP contribution in [0.3, 0.4) is 0 Å². The standard InChI is InChI=1S/C11H4N4/c1-7-8(3-12)2-9(4-13)11(6-15)10(7)5-14/h2H,1H3. The van der Waals surface area contributed by atoms with Gasteiger partial charge in [0.1, 0.15) is 18.2 Å². The minimum Gasteiger partial charge on any atom is -0.192 e. The molecule has 0 aliphatic heterocycles. The number of nitriles is 4. The topological polar surface area (TPSA) is 95.2 Å². The molecule has 0 aliphatic rings. The summed E-state index contributed by atoms with van der Waals surface area (Å²) in [5.74, 6) is 0. The highest BCUT2D eigenvalue weighted by Gasteiger charge is 2.14. The van der Waals surface area contributed by atoms with Gasteiger partial charge in [-0.25, -0.2) is 0 Å². The summed E-state index contributed by atoms with van der Waals surface area (Å²) in [5, 5.41) is 35.2. The van der Waals surface area contributed by atoms with E-state index in [-0.39, 0.29) is 22.3 Å². The lowest BCUT2D eigenvalue weighted by Crippen LogP contribution is -1.97. The molecule has 0 radical (unpaired) electrons. The molecule has 68 valence electrons. The monoisotopic (exact) mass is 192 g/mol. The van der Waals surface area contributed by atoms with Crippen LogP contribution in [0.1, 0.15) is 27.8 Å². The van der Waals surface area contributed by atoms with Gasteiger partial charge in [-0.05, 0) is 18.6 Å². The Bertz CT molecular complexity index is 585. The quantitative estimate of drug-likeness (QED) is 0.621. The summed E-state index contributed by atoms with van der Waals surface area (Å²) < 4.78 is 0. The lowest BCUT2D eigenvalue weighted by Gasteiger charge is -2.03. The summed E-state index contributed by atoms with van der Waals surface area (Å²) in [6.07, 6.45) is 0. The highest BCUT2D eigenvalue weighted by Crippen LogP contribution is 2.20. The molecular formula is C11H4N4. The maximum atomic E-state index is 8.85. The first kappa shape index (κ1) is 10.3. The van der Waals surface area contributed by atoms with Crippen LogP contribution in [-0.4, -0.2) is 0 Å². The van der Waals surface area contributed by atoms with Crippen molar-refractivity contribution in [2.24, 2.45) is 0 Å². The maximum Gasteiger partial charge on any atom is 0.102 e. The van der Waals surface area contributed by atoms with Crippen molar-refractivity contribution in [2.75, 3.05) is 0 Å². The average Bonchev–Trinajstić information content (AvgIpc) is 2.28. The van der Waals surface area contributed by atoms with E-state index in [4.69, 9.17) is 21.0 Å². The van der Waals surface area contributed by atoms with Gasteiger partial charge in [0.05, 0.1) is 28.3 Å². The molecule has 15 heavy (non-hydrogen) atoms. The Kier molecular flexibility index (Phi) is 2.69.